The van der Waals surface area contributed by atoms with E-state index in [-0.39, 0.29) is 0 Å². The van der Waals surface area contributed by atoms with Crippen LogP contribution in [0, 0.1) is 40.5 Å². The maximum Gasteiger partial charge on any atom is 0.284 e. The Hall–Kier alpha value is -3.70. The van der Waals surface area contributed by atoms with Crippen molar-refractivity contribution in [2.45, 2.75) is 0 Å². The molecule has 0 aromatic heterocycles. The van der Waals surface area contributed by atoms with Crippen molar-refractivity contribution in [1.29, 1.82) is 0 Å². The number of nitro benzene ring substituents is 4. The minimum absolute atomic E-state index is 0.706. The van der Waals surface area contributed by atoms with Crippen LogP contribution in [-0.2, 0) is 0 Å². The number of nitrogens with zero attached hydrogens (tertiary/aromatic N) is 4. The highest BCUT2D eigenvalue weighted by molar-refractivity contribution is 6.08. The normalized spacial score (nSPS) is 10.4. The first-order chi connectivity index (χ1) is 10.3. The van der Waals surface area contributed by atoms with Crippen molar-refractivity contribution >= 4 is 33.5 Å². The predicted octanol–water partition coefficient (Wildman–Crippen LogP) is 2.47. The Morgan fingerprint density at radius 3 is 0.818 bits per heavy atom. The molecule has 2 aromatic carbocycles. The topological polar surface area (TPSA) is 173 Å². The molecule has 2 aromatic rings. The van der Waals surface area contributed by atoms with E-state index in [1.807, 2.05) is 0 Å². The Bertz CT molecular complexity index is 724. The summed E-state index contributed by atoms with van der Waals surface area (Å²) < 4.78 is 0. The molecule has 0 saturated heterocycles. The third-order valence-corrected chi connectivity index (χ3v) is 2.86. The number of non-ortho nitro benzene ring substituents is 4. The van der Waals surface area contributed by atoms with Crippen LogP contribution < -0.4 is 0 Å². The summed E-state index contributed by atoms with van der Waals surface area (Å²) in [5.74, 6) is 0. The molecule has 0 aliphatic heterocycles. The van der Waals surface area contributed by atoms with Gasteiger partial charge in [0.1, 0.15) is 0 Å². The second-order valence-corrected chi connectivity index (χ2v) is 3.99. The van der Waals surface area contributed by atoms with E-state index in [9.17, 15) is 40.5 Å². The predicted molar refractivity (Wildman–Crippen MR) is 70.6 cm³/mol. The second-order valence-electron chi connectivity index (χ2n) is 3.99. The first-order valence-electron chi connectivity index (χ1n) is 5.43. The van der Waals surface area contributed by atoms with Gasteiger partial charge in [-0.05, 0) is 0 Å². The lowest BCUT2D eigenvalue weighted by Crippen LogP contribution is -2.00. The molecule has 0 saturated carbocycles. The van der Waals surface area contributed by atoms with Crippen molar-refractivity contribution in [3.05, 3.63) is 64.7 Å². The van der Waals surface area contributed by atoms with Crippen LogP contribution in [0.3, 0.4) is 0 Å². The van der Waals surface area contributed by atoms with Crippen molar-refractivity contribution in [1.82, 2.24) is 0 Å². The van der Waals surface area contributed by atoms with E-state index < -0.39 is 53.2 Å². The Balaban J connectivity index is 3.17. The Kier molecular flexibility index (Phi) is 3.35. The van der Waals surface area contributed by atoms with Gasteiger partial charge in [0.15, 0.2) is 10.8 Å². The molecule has 112 valence electrons. The van der Waals surface area contributed by atoms with Gasteiger partial charge in [-0.25, -0.2) is 0 Å². The van der Waals surface area contributed by atoms with Gasteiger partial charge in [0.05, 0.1) is 19.7 Å². The molecule has 12 nitrogen and oxygen atoms in total. The zero-order chi connectivity index (χ0) is 16.6. The fourth-order valence-electron chi connectivity index (χ4n) is 2.03. The molecular formula is C10H4N4O8. The number of hydrogen-bond acceptors (Lipinski definition) is 8. The minimum atomic E-state index is -0.997. The average Bonchev–Trinajstić information content (AvgIpc) is 2.43. The quantitative estimate of drug-likeness (QED) is 0.611. The minimum Gasteiger partial charge on any atom is -0.258 e. The molecule has 0 heterocycles. The van der Waals surface area contributed by atoms with Gasteiger partial charge in [0.2, 0.25) is 0 Å². The summed E-state index contributed by atoms with van der Waals surface area (Å²) in [6.07, 6.45) is 0. The highest BCUT2D eigenvalue weighted by Gasteiger charge is 2.33. The molecule has 0 bridgehead atoms. The summed E-state index contributed by atoms with van der Waals surface area (Å²) in [5.41, 5.74) is -3.29. The zero-order valence-electron chi connectivity index (χ0n) is 10.4. The molecule has 0 aliphatic rings. The lowest BCUT2D eigenvalue weighted by molar-refractivity contribution is -0.395. The Morgan fingerprint density at radius 2 is 0.682 bits per heavy atom. The van der Waals surface area contributed by atoms with Crippen LogP contribution >= 0.6 is 0 Å². The third-order valence-electron chi connectivity index (χ3n) is 2.86. The molecule has 0 unspecified atom stereocenters. The van der Waals surface area contributed by atoms with Gasteiger partial charge in [-0.15, -0.1) is 0 Å². The van der Waals surface area contributed by atoms with Gasteiger partial charge in [-0.1, -0.05) is 0 Å². The van der Waals surface area contributed by atoms with Gasteiger partial charge in [0, 0.05) is 24.3 Å². The summed E-state index contributed by atoms with van der Waals surface area (Å²) in [5, 5.41) is 42.5. The molecule has 0 spiro atoms. The number of hydrogen-bond donors (Lipinski definition) is 0. The lowest BCUT2D eigenvalue weighted by atomic mass is 10.0. The van der Waals surface area contributed by atoms with Gasteiger partial charge < -0.3 is 0 Å². The molecule has 0 atom stereocenters. The van der Waals surface area contributed by atoms with E-state index in [0.717, 1.165) is 0 Å². The van der Waals surface area contributed by atoms with Crippen LogP contribution in [0.15, 0.2) is 24.3 Å². The summed E-state index contributed by atoms with van der Waals surface area (Å²) >= 11 is 0. The number of nitro groups is 4. The Morgan fingerprint density at radius 1 is 0.500 bits per heavy atom. The van der Waals surface area contributed by atoms with Crippen molar-refractivity contribution in [3.8, 4) is 0 Å². The van der Waals surface area contributed by atoms with E-state index in [1.54, 1.807) is 0 Å². The monoisotopic (exact) mass is 308 g/mol. The molecule has 0 aliphatic carbocycles. The van der Waals surface area contributed by atoms with Crippen molar-refractivity contribution < 1.29 is 19.7 Å². The highest BCUT2D eigenvalue weighted by atomic mass is 16.6. The van der Waals surface area contributed by atoms with E-state index >= 15 is 0 Å². The average molecular weight is 308 g/mol. The van der Waals surface area contributed by atoms with Crippen molar-refractivity contribution in [2.75, 3.05) is 0 Å². The van der Waals surface area contributed by atoms with Crippen LogP contribution in [0.1, 0.15) is 0 Å². The molecule has 22 heavy (non-hydrogen) atoms. The van der Waals surface area contributed by atoms with Gasteiger partial charge in [-0.2, -0.15) is 0 Å². The summed E-state index contributed by atoms with van der Waals surface area (Å²) in [6.45, 7) is 0. The fourth-order valence-corrected chi connectivity index (χ4v) is 2.03. The number of benzene rings is 2. The number of rotatable bonds is 4. The van der Waals surface area contributed by atoms with Crippen molar-refractivity contribution in [3.63, 3.8) is 0 Å². The van der Waals surface area contributed by atoms with Gasteiger partial charge in [0.25, 0.3) is 22.7 Å². The molecule has 0 fully saturated rings. The lowest BCUT2D eigenvalue weighted by Gasteiger charge is -2.03. The fraction of sp³-hybridized carbons (Fsp3) is 0. The van der Waals surface area contributed by atoms with E-state index in [1.165, 1.54) is 0 Å². The van der Waals surface area contributed by atoms with Crippen LogP contribution in [0.2, 0.25) is 0 Å². The highest BCUT2D eigenvalue weighted by Crippen LogP contribution is 2.43. The molecular weight excluding hydrogens is 304 g/mol. The summed E-state index contributed by atoms with van der Waals surface area (Å²) in [6, 6.07) is 2.82. The smallest absolute Gasteiger partial charge is 0.258 e. The zero-order valence-corrected chi connectivity index (χ0v) is 10.4. The number of fused-ring (bicyclic) bond motifs is 1. The first kappa shape index (κ1) is 14.7. The van der Waals surface area contributed by atoms with Gasteiger partial charge in [-0.3, -0.25) is 40.5 Å². The first-order valence-corrected chi connectivity index (χ1v) is 5.43. The van der Waals surface area contributed by atoms with Crippen LogP contribution in [0.25, 0.3) is 10.8 Å². The summed E-state index contributed by atoms with van der Waals surface area (Å²) in [4.78, 5) is 40.0. The second kappa shape index (κ2) is 5.01. The standard InChI is InChI=1S/C10H4N4O8/c15-11(16)5-1-2-6(12(17)18)10-8(14(21)22)4-3-7(9(5)10)13(19)20/h1-4H. The molecule has 12 heteroatoms. The van der Waals surface area contributed by atoms with E-state index in [0.29, 0.717) is 24.3 Å². The molecule has 0 N–H and O–H groups in total. The SMILES string of the molecule is O=[N+]([O-])c1ccc([N+](=O)[O-])c2c([N+](=O)[O-])ccc([N+](=O)[O-])c12. The molecule has 0 amide bonds. The van der Waals surface area contributed by atoms with Gasteiger partial charge >= 0.3 is 0 Å². The molecule has 2 rings (SSSR count). The van der Waals surface area contributed by atoms with Crippen LogP contribution in [0.4, 0.5) is 22.7 Å². The van der Waals surface area contributed by atoms with E-state index in [4.69, 9.17) is 0 Å². The Labute approximate surface area is 119 Å². The third kappa shape index (κ3) is 2.13. The molecule has 0 radical (unpaired) electrons. The van der Waals surface area contributed by atoms with E-state index in [2.05, 4.69) is 0 Å². The largest absolute Gasteiger partial charge is 0.284 e. The van der Waals surface area contributed by atoms with Crippen LogP contribution in [-0.4, -0.2) is 19.7 Å². The maximum absolute atomic E-state index is 11.0. The van der Waals surface area contributed by atoms with Crippen LogP contribution in [0.5, 0.6) is 0 Å². The maximum atomic E-state index is 11.0. The summed E-state index contributed by atoms with van der Waals surface area (Å²) in [7, 11) is 0. The van der Waals surface area contributed by atoms with Crippen molar-refractivity contribution in [2.24, 2.45) is 0 Å².